The SMILES string of the molecule is CC(C)CN(C[C@@H](O)[C@H](Cc1ccccc1)NC(=O)OCc1cncs1)S(=O)(=O)c1ccc2nc(N)oc2c1.CC(C)CN(C[C@@H](O)[C@H](Cc1ccccc1)NC(=O)OCc1cncs1)S(=O)(=O)c1ccc2nc(NC(=O)c3ccncc3)oc2c1.O=C(O)c1ccncc1. The van der Waals surface area contributed by atoms with E-state index in [-0.39, 0.29) is 103 Å². The smallest absolute Gasteiger partial charge is 0.407 e. The fourth-order valence-electron chi connectivity index (χ4n) is 9.28. The Bertz CT molecular complexity index is 4310. The molecule has 10 aromatic rings. The number of fused-ring (bicyclic) bond motifs is 2. The Morgan fingerprint density at radius 1 is 0.568 bits per heavy atom. The van der Waals surface area contributed by atoms with Crippen molar-refractivity contribution in [2.24, 2.45) is 11.8 Å². The molecule has 4 atom stereocenters. The maximum Gasteiger partial charge on any atom is 0.407 e. The van der Waals surface area contributed by atoms with Crippen LogP contribution >= 0.6 is 22.7 Å². The highest BCUT2D eigenvalue weighted by Crippen LogP contribution is 2.28. The molecular formula is C64H70N12O15S4. The number of nitrogens with one attached hydrogen (secondary N) is 3. The van der Waals surface area contributed by atoms with Crippen LogP contribution in [0.1, 0.15) is 69.3 Å². The van der Waals surface area contributed by atoms with E-state index in [4.69, 9.17) is 29.1 Å². The second-order valence-electron chi connectivity index (χ2n) is 22.1. The molecule has 3 amide bonds. The number of aliphatic hydroxyl groups is 2. The number of ether oxygens (including phenoxy) is 2. The quantitative estimate of drug-likeness (QED) is 0.0253. The number of pyridine rings is 2. The number of carbonyl (C=O) groups is 4. The average molecular weight is 1380 g/mol. The van der Waals surface area contributed by atoms with E-state index >= 15 is 0 Å². The fourth-order valence-corrected chi connectivity index (χ4v) is 13.6. The summed E-state index contributed by atoms with van der Waals surface area (Å²) < 4.78 is 79.5. The second kappa shape index (κ2) is 34.0. The molecule has 27 nitrogen and oxygen atoms in total. The van der Waals surface area contributed by atoms with E-state index in [2.05, 4.69) is 45.9 Å². The molecule has 0 fully saturated rings. The number of thiazole rings is 2. The van der Waals surface area contributed by atoms with Crippen molar-refractivity contribution in [3.8, 4) is 0 Å². The molecule has 31 heteroatoms. The molecule has 0 spiro atoms. The molecule has 6 aromatic heterocycles. The van der Waals surface area contributed by atoms with Crippen LogP contribution < -0.4 is 21.7 Å². The van der Waals surface area contributed by atoms with Gasteiger partial charge in [-0.3, -0.25) is 30.0 Å². The van der Waals surface area contributed by atoms with Crippen molar-refractivity contribution < 1.29 is 69.6 Å². The summed E-state index contributed by atoms with van der Waals surface area (Å²) in [5, 5.41) is 39.1. The third kappa shape index (κ3) is 21.2. The van der Waals surface area contributed by atoms with Crippen LogP contribution in [0.25, 0.3) is 22.2 Å². The van der Waals surface area contributed by atoms with Gasteiger partial charge in [0.1, 0.15) is 24.2 Å². The number of carboxylic acids is 1. The van der Waals surface area contributed by atoms with E-state index in [0.717, 1.165) is 20.9 Å². The molecular weight excluding hydrogens is 1310 g/mol. The number of aromatic nitrogens is 6. The van der Waals surface area contributed by atoms with Crippen molar-refractivity contribution >= 4 is 101 Å². The number of alkyl carbamates (subject to hydrolysis) is 2. The monoisotopic (exact) mass is 1370 g/mol. The molecule has 8 N–H and O–H groups in total. The zero-order valence-electron chi connectivity index (χ0n) is 51.8. The fraction of sp³-hybridized carbons (Fsp3) is 0.281. The first-order chi connectivity index (χ1) is 45.5. The predicted molar refractivity (Wildman–Crippen MR) is 354 cm³/mol. The summed E-state index contributed by atoms with van der Waals surface area (Å²) in [5.41, 5.74) is 12.3. The van der Waals surface area contributed by atoms with E-state index in [1.54, 1.807) is 23.4 Å². The van der Waals surface area contributed by atoms with Gasteiger partial charge < -0.3 is 50.0 Å². The van der Waals surface area contributed by atoms with Crippen molar-refractivity contribution in [2.75, 3.05) is 37.2 Å². The summed E-state index contributed by atoms with van der Waals surface area (Å²) in [6.45, 7) is 7.20. The summed E-state index contributed by atoms with van der Waals surface area (Å²) in [4.78, 5) is 73.3. The molecule has 500 valence electrons. The number of benzene rings is 4. The Morgan fingerprint density at radius 2 is 1.00 bits per heavy atom. The van der Waals surface area contributed by atoms with Gasteiger partial charge in [-0.15, -0.1) is 22.7 Å². The number of sulfonamides is 2. The molecule has 0 saturated heterocycles. The van der Waals surface area contributed by atoms with Gasteiger partial charge in [-0.2, -0.15) is 18.6 Å². The molecule has 0 radical (unpaired) electrons. The first kappa shape index (κ1) is 71.3. The maximum atomic E-state index is 14.0. The Labute approximate surface area is 555 Å². The number of carboxylic acid groups (broad SMARTS) is 1. The van der Waals surface area contributed by atoms with Gasteiger partial charge in [0, 0.05) is 81.1 Å². The molecule has 0 bridgehead atoms. The van der Waals surface area contributed by atoms with Crippen LogP contribution in [0.3, 0.4) is 0 Å². The molecule has 0 saturated carbocycles. The Morgan fingerprint density at radius 3 is 1.41 bits per heavy atom. The minimum absolute atomic E-state index is 0.0117. The van der Waals surface area contributed by atoms with E-state index in [1.807, 2.05) is 88.4 Å². The van der Waals surface area contributed by atoms with Gasteiger partial charge in [-0.05, 0) is 84.3 Å². The van der Waals surface area contributed by atoms with Crippen molar-refractivity contribution in [3.05, 3.63) is 202 Å². The minimum atomic E-state index is -4.17. The van der Waals surface area contributed by atoms with Crippen molar-refractivity contribution in [3.63, 3.8) is 0 Å². The van der Waals surface area contributed by atoms with Gasteiger partial charge in [0.15, 0.2) is 11.2 Å². The Hall–Kier alpha value is -9.60. The number of aliphatic hydroxyl groups excluding tert-OH is 2. The van der Waals surface area contributed by atoms with Crippen LogP contribution in [-0.2, 0) is 55.6 Å². The highest BCUT2D eigenvalue weighted by molar-refractivity contribution is 7.89. The molecule has 0 unspecified atom stereocenters. The van der Waals surface area contributed by atoms with Gasteiger partial charge in [-0.25, -0.2) is 31.2 Å². The molecule has 0 aliphatic heterocycles. The zero-order chi connectivity index (χ0) is 68.1. The molecule has 0 aliphatic rings. The van der Waals surface area contributed by atoms with Crippen LogP contribution in [0, 0.1) is 11.8 Å². The van der Waals surface area contributed by atoms with Gasteiger partial charge in [0.25, 0.3) is 11.9 Å². The number of carbonyl (C=O) groups excluding carboxylic acids is 3. The standard InChI is InChI=1S/C32H34N6O7S2.C26H31N5O6S2.C6H5NO2/c1-21(2)17-38(18-28(39)27(14-22-6-4-3-5-7-22)36-32(41)44-19-24-16-34-20-46-24)47(42,43)25-8-9-26-29(15-25)45-31(35-26)37-30(40)23-10-12-33-13-11-23;1-17(2)13-31(39(34,35)20-8-9-21-24(11-20)37-25(27)29-21)14-23(32)22(10-18-6-4-3-5-7-18)30-26(33)36-15-19-12-28-16-38-19;8-6(9)5-1-3-7-4-2-5/h3-13,15-16,20-21,27-28,39H,14,17-19H2,1-2H3,(H,36,41)(H,35,37,40);3-9,11-12,16-17,22-23,32H,10,13-15H2,1-2H3,(H2,27,29)(H,30,33);1-4H,(H,8,9)/t27-,28+;22-,23+;/m00./s1. The molecule has 95 heavy (non-hydrogen) atoms. The zero-order valence-corrected chi connectivity index (χ0v) is 55.1. The molecule has 0 aliphatic carbocycles. The van der Waals surface area contributed by atoms with E-state index in [1.165, 1.54) is 117 Å². The molecule has 4 aromatic carbocycles. The number of aromatic carboxylic acids is 1. The lowest BCUT2D eigenvalue weighted by molar-refractivity contribution is 0.0696. The highest BCUT2D eigenvalue weighted by Gasteiger charge is 2.34. The number of nitrogen functional groups attached to an aromatic ring is 1. The summed E-state index contributed by atoms with van der Waals surface area (Å²) >= 11 is 2.69. The number of hydrogen-bond donors (Lipinski definition) is 7. The summed E-state index contributed by atoms with van der Waals surface area (Å²) in [6, 6.07) is 31.1. The third-order valence-electron chi connectivity index (χ3n) is 13.8. The summed E-state index contributed by atoms with van der Waals surface area (Å²) in [7, 11) is -8.23. The molecule has 6 heterocycles. The Balaban J connectivity index is 0.000000217. The lowest BCUT2D eigenvalue weighted by Crippen LogP contribution is -2.51. The lowest BCUT2D eigenvalue weighted by atomic mass is 10.0. The summed E-state index contributed by atoms with van der Waals surface area (Å²) in [5.74, 6) is -1.51. The van der Waals surface area contributed by atoms with Crippen LogP contribution in [0.5, 0.6) is 0 Å². The van der Waals surface area contributed by atoms with Crippen LogP contribution in [0.2, 0.25) is 0 Å². The third-order valence-corrected chi connectivity index (χ3v) is 19.0. The molecule has 10 rings (SSSR count). The van der Waals surface area contributed by atoms with Crippen molar-refractivity contribution in [1.29, 1.82) is 0 Å². The maximum absolute atomic E-state index is 14.0. The lowest BCUT2D eigenvalue weighted by Gasteiger charge is -2.30. The van der Waals surface area contributed by atoms with Crippen LogP contribution in [0.15, 0.2) is 188 Å². The van der Waals surface area contributed by atoms with Crippen LogP contribution in [-0.4, -0.2) is 145 Å². The first-order valence-electron chi connectivity index (χ1n) is 29.5. The van der Waals surface area contributed by atoms with E-state index in [0.29, 0.717) is 16.6 Å². The number of nitrogens with zero attached hydrogens (tertiary/aromatic N) is 8. The van der Waals surface area contributed by atoms with Crippen molar-refractivity contribution in [2.45, 2.75) is 87.8 Å². The van der Waals surface area contributed by atoms with Gasteiger partial charge in [0.05, 0.1) is 60.4 Å². The highest BCUT2D eigenvalue weighted by atomic mass is 32.2. The normalized spacial score (nSPS) is 12.9. The van der Waals surface area contributed by atoms with Gasteiger partial charge >= 0.3 is 24.2 Å². The Kier molecular flexibility index (Phi) is 25.5. The van der Waals surface area contributed by atoms with Gasteiger partial charge in [-0.1, -0.05) is 88.4 Å². The average Bonchev–Trinajstić information content (AvgIpc) is 1.78. The van der Waals surface area contributed by atoms with Gasteiger partial charge in [0.2, 0.25) is 20.0 Å². The van der Waals surface area contributed by atoms with Crippen LogP contribution in [0.4, 0.5) is 21.6 Å². The number of anilines is 2. The number of amides is 3. The predicted octanol–water partition coefficient (Wildman–Crippen LogP) is 8.67. The van der Waals surface area contributed by atoms with Crippen molar-refractivity contribution in [1.82, 2.24) is 49.1 Å². The number of nitrogens with two attached hydrogens (primary N) is 1. The number of rotatable bonds is 27. The summed E-state index contributed by atoms with van der Waals surface area (Å²) in [6.07, 6.45) is 5.51. The number of oxazole rings is 2. The topological polar surface area (TPSA) is 388 Å². The number of hydrogen-bond acceptors (Lipinski definition) is 23. The minimum Gasteiger partial charge on any atom is -0.478 e. The van der Waals surface area contributed by atoms with E-state index < -0.39 is 68.4 Å². The second-order valence-corrected chi connectivity index (χ2v) is 27.9. The largest absolute Gasteiger partial charge is 0.478 e. The first-order valence-corrected chi connectivity index (χ1v) is 34.1. The van der Waals surface area contributed by atoms with E-state index in [9.17, 15) is 46.2 Å².